The smallest absolute Gasteiger partial charge is 0.253 e. The van der Waals surface area contributed by atoms with Crippen LogP contribution in [0.15, 0.2) is 58.2 Å². The molecule has 1 atom stereocenters. The van der Waals surface area contributed by atoms with E-state index in [-0.39, 0.29) is 17.9 Å². The highest BCUT2D eigenvalue weighted by Gasteiger charge is 2.60. The first-order chi connectivity index (χ1) is 18.7. The summed E-state index contributed by atoms with van der Waals surface area (Å²) < 4.78 is 0.873. The van der Waals surface area contributed by atoms with Crippen molar-refractivity contribution in [1.82, 2.24) is 10.3 Å². The number of carbonyl (C=O) groups excluding carboxylic acids is 1. The van der Waals surface area contributed by atoms with Crippen LogP contribution in [0.4, 0.5) is 0 Å². The van der Waals surface area contributed by atoms with E-state index < -0.39 is 17.2 Å². The molecule has 4 saturated carbocycles. The summed E-state index contributed by atoms with van der Waals surface area (Å²) in [5.41, 5.74) is 3.20. The molecule has 0 aliphatic heterocycles. The van der Waals surface area contributed by atoms with Gasteiger partial charge in [0.1, 0.15) is 6.10 Å². The summed E-state index contributed by atoms with van der Waals surface area (Å²) >= 11 is 3.57. The number of nitrogens with zero attached hydrogens (tertiary/aromatic N) is 2. The maximum absolute atomic E-state index is 14.3. The number of hydrogen-bond donors (Lipinski definition) is 3. The molecule has 39 heavy (non-hydrogen) atoms. The fourth-order valence-electron chi connectivity index (χ4n) is 6.74. The van der Waals surface area contributed by atoms with Crippen molar-refractivity contribution in [3.63, 3.8) is 0 Å². The number of halogens is 1. The molecule has 2 bridgehead atoms. The predicted octanol–water partition coefficient (Wildman–Crippen LogP) is 5.89. The molecule has 1 heterocycles. The van der Waals surface area contributed by atoms with Crippen LogP contribution in [0.1, 0.15) is 67.8 Å². The van der Waals surface area contributed by atoms with Crippen LogP contribution in [0.3, 0.4) is 0 Å². The van der Waals surface area contributed by atoms with Crippen molar-refractivity contribution in [2.75, 3.05) is 0 Å². The molecule has 4 fully saturated rings. The number of nitrogens with one attached hydrogen (secondary N) is 1. The molecule has 0 spiro atoms. The summed E-state index contributed by atoms with van der Waals surface area (Å²) in [6.45, 7) is 3.94. The van der Waals surface area contributed by atoms with E-state index in [9.17, 15) is 15.0 Å². The minimum absolute atomic E-state index is 0.0880. The van der Waals surface area contributed by atoms with E-state index in [2.05, 4.69) is 26.4 Å². The minimum Gasteiger partial charge on any atom is -0.392 e. The van der Waals surface area contributed by atoms with E-state index in [0.29, 0.717) is 37.0 Å². The lowest BCUT2D eigenvalue weighted by Crippen LogP contribution is -2.68. The van der Waals surface area contributed by atoms with Gasteiger partial charge in [0.05, 0.1) is 28.0 Å². The van der Waals surface area contributed by atoms with Crippen molar-refractivity contribution in [3.05, 3.63) is 64.1 Å². The molecule has 204 valence electrons. The highest BCUT2D eigenvalue weighted by molar-refractivity contribution is 9.10. The Bertz CT molecular complexity index is 1440. The topological polar surface area (TPSA) is 104 Å². The van der Waals surface area contributed by atoms with Crippen molar-refractivity contribution in [2.24, 2.45) is 16.5 Å². The van der Waals surface area contributed by atoms with E-state index in [4.69, 9.17) is 9.82 Å². The number of hydrogen-bond acceptors (Lipinski definition) is 6. The van der Waals surface area contributed by atoms with Crippen LogP contribution in [-0.2, 0) is 4.84 Å². The number of oxime groups is 1. The fourth-order valence-corrected chi connectivity index (χ4v) is 7.10. The number of pyridine rings is 1. The van der Waals surface area contributed by atoms with Crippen molar-refractivity contribution in [3.8, 4) is 11.3 Å². The standard InChI is InChI=1S/C31H34BrN3O4/c1-18-25(23-17-21(32)11-12-24(23)33-26(18)20-7-4-3-5-8-20)28(36)34-31-15-13-30(14-16-31,29(37)38)19(2)27(31)35-39-22-9-6-10-22/h3-5,7-8,11-12,17,19,22,29,37-38H,6,9-10,13-16H2,1-2H3,(H,34,36)/b35-27+. The number of amides is 1. The molecule has 4 aliphatic carbocycles. The monoisotopic (exact) mass is 591 g/mol. The number of fused-ring (bicyclic) bond motifs is 4. The Labute approximate surface area is 236 Å². The van der Waals surface area contributed by atoms with Crippen LogP contribution in [0, 0.1) is 18.3 Å². The quantitative estimate of drug-likeness (QED) is 0.245. The molecule has 1 aromatic heterocycles. The first-order valence-corrected chi connectivity index (χ1v) is 14.6. The third-order valence-corrected chi connectivity index (χ3v) is 9.97. The highest BCUT2D eigenvalue weighted by Crippen LogP contribution is 2.56. The van der Waals surface area contributed by atoms with Gasteiger partial charge in [0.2, 0.25) is 0 Å². The number of aliphatic hydroxyl groups is 2. The normalized spacial score (nSPS) is 27.6. The van der Waals surface area contributed by atoms with E-state index in [0.717, 1.165) is 51.5 Å². The van der Waals surface area contributed by atoms with Crippen LogP contribution in [-0.4, -0.2) is 44.7 Å². The van der Waals surface area contributed by atoms with Crippen LogP contribution in [0.5, 0.6) is 0 Å². The van der Waals surface area contributed by atoms with Gasteiger partial charge in [-0.05, 0) is 75.6 Å². The first-order valence-electron chi connectivity index (χ1n) is 13.8. The molecule has 3 aromatic rings. The van der Waals surface area contributed by atoms with E-state index in [1.807, 2.05) is 62.4 Å². The zero-order chi connectivity index (χ0) is 27.4. The van der Waals surface area contributed by atoms with Gasteiger partial charge in [-0.1, -0.05) is 58.3 Å². The molecule has 8 heteroatoms. The molecule has 0 radical (unpaired) electrons. The molecule has 3 N–H and O–H groups in total. The van der Waals surface area contributed by atoms with Crippen LogP contribution >= 0.6 is 15.9 Å². The second kappa shape index (κ2) is 9.98. The van der Waals surface area contributed by atoms with Crippen molar-refractivity contribution >= 4 is 38.5 Å². The maximum Gasteiger partial charge on any atom is 0.253 e. The average molecular weight is 593 g/mol. The Balaban J connectivity index is 1.43. The van der Waals surface area contributed by atoms with E-state index in [1.54, 1.807) is 0 Å². The maximum atomic E-state index is 14.3. The van der Waals surface area contributed by atoms with E-state index >= 15 is 0 Å². The highest BCUT2D eigenvalue weighted by atomic mass is 79.9. The summed E-state index contributed by atoms with van der Waals surface area (Å²) in [5.74, 6) is -0.428. The van der Waals surface area contributed by atoms with Crippen molar-refractivity contribution in [1.29, 1.82) is 0 Å². The Morgan fingerprint density at radius 1 is 1.13 bits per heavy atom. The number of aliphatic hydroxyl groups excluding tert-OH is 1. The molecular weight excluding hydrogens is 558 g/mol. The molecular formula is C31H34BrN3O4. The van der Waals surface area contributed by atoms with Crippen molar-refractivity contribution < 1.29 is 19.8 Å². The van der Waals surface area contributed by atoms with Crippen LogP contribution in [0.2, 0.25) is 0 Å². The van der Waals surface area contributed by atoms with Gasteiger partial charge in [-0.25, -0.2) is 4.98 Å². The average Bonchev–Trinajstić information content (AvgIpc) is 2.89. The van der Waals surface area contributed by atoms with Gasteiger partial charge in [0.15, 0.2) is 6.29 Å². The second-order valence-corrected chi connectivity index (χ2v) is 12.4. The zero-order valence-electron chi connectivity index (χ0n) is 22.3. The summed E-state index contributed by atoms with van der Waals surface area (Å²) in [4.78, 5) is 25.2. The summed E-state index contributed by atoms with van der Waals surface area (Å²) in [5, 5.41) is 29.6. The lowest BCUT2D eigenvalue weighted by atomic mass is 9.51. The molecule has 2 aromatic carbocycles. The molecule has 7 nitrogen and oxygen atoms in total. The van der Waals surface area contributed by atoms with Gasteiger partial charge in [-0.15, -0.1) is 0 Å². The number of carbonyl (C=O) groups is 1. The largest absolute Gasteiger partial charge is 0.392 e. The summed E-state index contributed by atoms with van der Waals surface area (Å²) in [6.07, 6.45) is 4.03. The predicted molar refractivity (Wildman–Crippen MR) is 154 cm³/mol. The van der Waals surface area contributed by atoms with Gasteiger partial charge in [-0.2, -0.15) is 0 Å². The number of rotatable bonds is 6. The SMILES string of the molecule is Cc1c(-c2ccccc2)nc2ccc(Br)cc2c1C(=O)NC12CCC(C(O)O)(CC1)C(C)/C2=N\OC1CCC1. The summed E-state index contributed by atoms with van der Waals surface area (Å²) in [7, 11) is 0. The Kier molecular flexibility index (Phi) is 6.76. The van der Waals surface area contributed by atoms with Crippen molar-refractivity contribution in [2.45, 2.75) is 76.7 Å². The van der Waals surface area contributed by atoms with Gasteiger partial charge >= 0.3 is 0 Å². The third-order valence-electron chi connectivity index (χ3n) is 9.48. The lowest BCUT2D eigenvalue weighted by Gasteiger charge is -2.57. The zero-order valence-corrected chi connectivity index (χ0v) is 23.9. The Hall–Kier alpha value is -2.81. The third kappa shape index (κ3) is 4.37. The Morgan fingerprint density at radius 3 is 2.49 bits per heavy atom. The summed E-state index contributed by atoms with van der Waals surface area (Å²) in [6, 6.07) is 15.7. The van der Waals surface area contributed by atoms with Gasteiger partial charge < -0.3 is 20.4 Å². The van der Waals surface area contributed by atoms with Gasteiger partial charge in [-0.3, -0.25) is 4.79 Å². The van der Waals surface area contributed by atoms with Gasteiger partial charge in [0, 0.05) is 26.8 Å². The van der Waals surface area contributed by atoms with E-state index in [1.165, 1.54) is 0 Å². The number of aromatic nitrogens is 1. The molecule has 7 rings (SSSR count). The van der Waals surface area contributed by atoms with Crippen LogP contribution in [0.25, 0.3) is 22.2 Å². The Morgan fingerprint density at radius 2 is 1.85 bits per heavy atom. The fraction of sp³-hybridized carbons (Fsp3) is 0.452. The molecule has 1 unspecified atom stereocenters. The van der Waals surface area contributed by atoms with Gasteiger partial charge in [0.25, 0.3) is 5.91 Å². The molecule has 1 amide bonds. The second-order valence-electron chi connectivity index (χ2n) is 11.5. The minimum atomic E-state index is -1.45. The molecule has 4 aliphatic rings. The lowest BCUT2D eigenvalue weighted by molar-refractivity contribution is -0.173. The van der Waals surface area contributed by atoms with Crippen LogP contribution < -0.4 is 5.32 Å². The molecule has 0 saturated heterocycles. The first kappa shape index (κ1) is 26.4. The number of benzene rings is 2.